The van der Waals surface area contributed by atoms with Crippen LogP contribution in [-0.4, -0.2) is 38.1 Å². The number of aromatic nitrogens is 4. The van der Waals surface area contributed by atoms with E-state index in [-0.39, 0.29) is 6.04 Å². The first kappa shape index (κ1) is 15.5. The Balaban J connectivity index is 2.26. The number of carbonyl (C=O) groups is 1. The van der Waals surface area contributed by atoms with Gasteiger partial charge in [-0.25, -0.2) is 15.0 Å². The number of rotatable bonds is 7. The number of aldehydes is 1. The fraction of sp³-hybridized carbons (Fsp3) is 0.429. The summed E-state index contributed by atoms with van der Waals surface area (Å²) in [4.78, 5) is 24.0. The molecule has 0 amide bonds. The Kier molecular flexibility index (Phi) is 5.32. The van der Waals surface area contributed by atoms with Crippen molar-refractivity contribution >= 4 is 23.9 Å². The molecule has 1 N–H and O–H groups in total. The lowest BCUT2D eigenvalue weighted by atomic mass is 10.1. The molecule has 0 aliphatic heterocycles. The molecule has 0 spiro atoms. The first-order chi connectivity index (χ1) is 10.1. The summed E-state index contributed by atoms with van der Waals surface area (Å²) >= 11 is 1.46. The maximum atomic E-state index is 11.2. The number of hydrogen-bond donors (Lipinski definition) is 1. The average molecular weight is 305 g/mol. The molecule has 0 bridgehead atoms. The molecule has 0 aromatic carbocycles. The Morgan fingerprint density at radius 1 is 1.43 bits per heavy atom. The topological polar surface area (TPSA) is 72.7 Å². The normalized spacial score (nSPS) is 12.4. The molecule has 0 radical (unpaired) electrons. The van der Waals surface area contributed by atoms with Gasteiger partial charge >= 0.3 is 0 Å². The van der Waals surface area contributed by atoms with Crippen molar-refractivity contribution in [3.63, 3.8) is 0 Å². The Labute approximate surface area is 128 Å². The Bertz CT molecular complexity index is 585. The molecule has 0 aliphatic carbocycles. The zero-order valence-corrected chi connectivity index (χ0v) is 13.2. The number of carbonyl (C=O) groups excluding carboxylic acids is 1. The van der Waals surface area contributed by atoms with E-state index in [2.05, 4.69) is 34.1 Å². The quantitative estimate of drug-likeness (QED) is 0.481. The number of imidazole rings is 1. The molecule has 21 heavy (non-hydrogen) atoms. The molecule has 112 valence electrons. The lowest BCUT2D eigenvalue weighted by molar-refractivity contribution is -0.108. The Morgan fingerprint density at radius 3 is 2.81 bits per heavy atom. The van der Waals surface area contributed by atoms with Gasteiger partial charge in [0.2, 0.25) is 0 Å². The Hall–Kier alpha value is -1.89. The van der Waals surface area contributed by atoms with Crippen molar-refractivity contribution in [2.24, 2.45) is 5.92 Å². The smallest absolute Gasteiger partial charge is 0.191 e. The van der Waals surface area contributed by atoms with Gasteiger partial charge in [-0.2, -0.15) is 0 Å². The van der Waals surface area contributed by atoms with E-state index in [1.807, 2.05) is 23.1 Å². The maximum absolute atomic E-state index is 11.2. The predicted octanol–water partition coefficient (Wildman–Crippen LogP) is 2.41. The molecule has 6 nitrogen and oxygen atoms in total. The van der Waals surface area contributed by atoms with Crippen LogP contribution >= 0.6 is 11.8 Å². The fourth-order valence-electron chi connectivity index (χ4n) is 1.95. The third-order valence-corrected chi connectivity index (χ3v) is 3.41. The molecule has 0 aliphatic rings. The molecule has 0 saturated carbocycles. The van der Waals surface area contributed by atoms with Crippen LogP contribution in [0.25, 0.3) is 5.82 Å². The predicted molar refractivity (Wildman–Crippen MR) is 83.9 cm³/mol. The minimum atomic E-state index is -0.245. The van der Waals surface area contributed by atoms with Gasteiger partial charge in [-0.1, -0.05) is 25.6 Å². The summed E-state index contributed by atoms with van der Waals surface area (Å²) in [5.74, 6) is 1.81. The minimum Gasteiger partial charge on any atom is -0.360 e. The maximum Gasteiger partial charge on any atom is 0.191 e. The van der Waals surface area contributed by atoms with Crippen molar-refractivity contribution in [1.82, 2.24) is 19.5 Å². The van der Waals surface area contributed by atoms with Crippen molar-refractivity contribution in [3.05, 3.63) is 24.8 Å². The molecular formula is C14H19N5OS. The van der Waals surface area contributed by atoms with E-state index in [1.165, 1.54) is 11.8 Å². The second-order valence-corrected chi connectivity index (χ2v) is 5.86. The molecule has 2 aromatic rings. The summed E-state index contributed by atoms with van der Waals surface area (Å²) in [6.45, 7) is 4.17. The first-order valence-corrected chi connectivity index (χ1v) is 7.98. The van der Waals surface area contributed by atoms with Crippen LogP contribution in [0.2, 0.25) is 0 Å². The van der Waals surface area contributed by atoms with Gasteiger partial charge in [-0.3, -0.25) is 4.57 Å². The third kappa shape index (κ3) is 4.29. The molecule has 2 aromatic heterocycles. The van der Waals surface area contributed by atoms with Crippen LogP contribution < -0.4 is 5.32 Å². The van der Waals surface area contributed by atoms with Gasteiger partial charge in [0.25, 0.3) is 0 Å². The van der Waals surface area contributed by atoms with Crippen LogP contribution in [0.4, 0.5) is 5.82 Å². The van der Waals surface area contributed by atoms with Crippen LogP contribution in [0.1, 0.15) is 20.3 Å². The van der Waals surface area contributed by atoms with Crippen molar-refractivity contribution in [3.8, 4) is 5.82 Å². The highest BCUT2D eigenvalue weighted by Crippen LogP contribution is 2.18. The summed E-state index contributed by atoms with van der Waals surface area (Å²) in [7, 11) is 0. The summed E-state index contributed by atoms with van der Waals surface area (Å²) in [6.07, 6.45) is 8.81. The first-order valence-electron chi connectivity index (χ1n) is 6.75. The summed E-state index contributed by atoms with van der Waals surface area (Å²) in [6, 6.07) is 1.57. The van der Waals surface area contributed by atoms with E-state index in [4.69, 9.17) is 0 Å². The van der Waals surface area contributed by atoms with Crippen molar-refractivity contribution < 1.29 is 4.79 Å². The second-order valence-electron chi connectivity index (χ2n) is 5.08. The molecule has 2 heterocycles. The van der Waals surface area contributed by atoms with E-state index in [1.54, 1.807) is 12.5 Å². The van der Waals surface area contributed by atoms with E-state index < -0.39 is 0 Å². The summed E-state index contributed by atoms with van der Waals surface area (Å²) in [5, 5.41) is 3.82. The SMILES string of the molecule is CSc1nc(N[C@@H](C=O)CC(C)C)cc(-n2ccnc2)n1. The zero-order chi connectivity index (χ0) is 15.2. The second kappa shape index (κ2) is 7.21. The highest BCUT2D eigenvalue weighted by Gasteiger charge is 2.12. The number of nitrogens with zero attached hydrogens (tertiary/aromatic N) is 4. The van der Waals surface area contributed by atoms with Crippen LogP contribution in [0, 0.1) is 5.92 Å². The van der Waals surface area contributed by atoms with Crippen molar-refractivity contribution in [2.75, 3.05) is 11.6 Å². The van der Waals surface area contributed by atoms with E-state index in [0.717, 1.165) is 18.5 Å². The van der Waals surface area contributed by atoms with Crippen LogP contribution in [0.15, 0.2) is 29.9 Å². The minimum absolute atomic E-state index is 0.245. The van der Waals surface area contributed by atoms with Crippen LogP contribution in [0.5, 0.6) is 0 Å². The largest absolute Gasteiger partial charge is 0.360 e. The number of nitrogens with one attached hydrogen (secondary N) is 1. The van der Waals surface area contributed by atoms with Crippen molar-refractivity contribution in [1.29, 1.82) is 0 Å². The van der Waals surface area contributed by atoms with Gasteiger partial charge in [0.1, 0.15) is 24.2 Å². The van der Waals surface area contributed by atoms with Crippen molar-refractivity contribution in [2.45, 2.75) is 31.5 Å². The van der Waals surface area contributed by atoms with E-state index in [9.17, 15) is 4.79 Å². The molecule has 1 atom stereocenters. The number of anilines is 1. The van der Waals surface area contributed by atoms with Crippen LogP contribution in [0.3, 0.4) is 0 Å². The van der Waals surface area contributed by atoms with Gasteiger partial charge < -0.3 is 10.1 Å². The highest BCUT2D eigenvalue weighted by molar-refractivity contribution is 7.98. The molecular weight excluding hydrogens is 286 g/mol. The summed E-state index contributed by atoms with van der Waals surface area (Å²) in [5.41, 5.74) is 0. The molecule has 0 fully saturated rings. The van der Waals surface area contributed by atoms with Gasteiger partial charge in [0.05, 0.1) is 6.04 Å². The third-order valence-electron chi connectivity index (χ3n) is 2.87. The monoisotopic (exact) mass is 305 g/mol. The van der Waals surface area contributed by atoms with Gasteiger partial charge in [0, 0.05) is 18.5 Å². The fourth-order valence-corrected chi connectivity index (χ4v) is 2.33. The standard InChI is InChI=1S/C14H19N5OS/c1-10(2)6-11(8-20)16-12-7-13(18-14(17-12)21-3)19-5-4-15-9-19/h4-5,7-11H,6H2,1-3H3,(H,16,17,18)/t11-/m1/s1. The van der Waals surface area contributed by atoms with Gasteiger partial charge in [0.15, 0.2) is 5.16 Å². The van der Waals surface area contributed by atoms with Crippen LogP contribution in [-0.2, 0) is 4.79 Å². The molecule has 0 saturated heterocycles. The van der Waals surface area contributed by atoms with E-state index in [0.29, 0.717) is 16.9 Å². The molecule has 7 heteroatoms. The van der Waals surface area contributed by atoms with Gasteiger partial charge in [-0.15, -0.1) is 0 Å². The van der Waals surface area contributed by atoms with Gasteiger partial charge in [-0.05, 0) is 18.6 Å². The average Bonchev–Trinajstić information content (AvgIpc) is 3.00. The Morgan fingerprint density at radius 2 is 2.24 bits per heavy atom. The van der Waals surface area contributed by atoms with E-state index >= 15 is 0 Å². The lowest BCUT2D eigenvalue weighted by Gasteiger charge is -2.16. The molecule has 2 rings (SSSR count). The highest BCUT2D eigenvalue weighted by atomic mass is 32.2. The number of thioether (sulfide) groups is 1. The summed E-state index contributed by atoms with van der Waals surface area (Å²) < 4.78 is 1.81. The lowest BCUT2D eigenvalue weighted by Crippen LogP contribution is -2.24. The zero-order valence-electron chi connectivity index (χ0n) is 12.4. The molecule has 0 unspecified atom stereocenters. The number of hydrogen-bond acceptors (Lipinski definition) is 6.